The summed E-state index contributed by atoms with van der Waals surface area (Å²) in [7, 11) is 0. The van der Waals surface area contributed by atoms with Crippen molar-refractivity contribution in [2.45, 2.75) is 77.4 Å². The number of carbonyl (C=O) groups is 4. The first-order valence-electron chi connectivity index (χ1n) is 14.3. The Balaban J connectivity index is 1.75. The quantitative estimate of drug-likeness (QED) is 0.0873. The van der Waals surface area contributed by atoms with E-state index in [-0.39, 0.29) is 60.8 Å². The molecule has 2 fully saturated rings. The van der Waals surface area contributed by atoms with E-state index in [1.807, 2.05) is 13.0 Å². The number of unbranched alkanes of at least 4 members (excludes halogenated alkanes) is 3. The number of hydrogen-bond donors (Lipinski definition) is 0. The molecule has 0 spiro atoms. The molecule has 1 saturated carbocycles. The number of likely N-dealkylation sites (tertiary alicyclic amines) is 1. The minimum atomic E-state index is -0.978. The van der Waals surface area contributed by atoms with Gasteiger partial charge in [0.2, 0.25) is 5.91 Å². The average molecular weight is 569 g/mol. The summed E-state index contributed by atoms with van der Waals surface area (Å²) < 4.78 is 10.9. The minimum Gasteiger partial charge on any atom is -0.466 e. The van der Waals surface area contributed by atoms with E-state index >= 15 is 0 Å². The van der Waals surface area contributed by atoms with Crippen LogP contribution in [0.4, 0.5) is 5.69 Å². The van der Waals surface area contributed by atoms with Crippen LogP contribution in [-0.2, 0) is 23.9 Å². The van der Waals surface area contributed by atoms with Gasteiger partial charge in [-0.2, -0.15) is 0 Å². The number of amides is 1. The third kappa shape index (κ3) is 7.68. The van der Waals surface area contributed by atoms with Crippen molar-refractivity contribution in [1.82, 2.24) is 4.90 Å². The molecule has 0 bridgehead atoms. The fourth-order valence-corrected chi connectivity index (χ4v) is 5.55. The first-order chi connectivity index (χ1) is 19.6. The molecule has 1 heterocycles. The first kappa shape index (κ1) is 31.7. The molecule has 1 amide bonds. The van der Waals surface area contributed by atoms with Crippen molar-refractivity contribution >= 4 is 29.3 Å². The van der Waals surface area contributed by atoms with E-state index in [1.54, 1.807) is 13.0 Å². The molecule has 0 aromatic heterocycles. The molecule has 0 unspecified atom stereocenters. The molecule has 2 aliphatic rings. The van der Waals surface area contributed by atoms with Crippen molar-refractivity contribution in [3.8, 4) is 0 Å². The van der Waals surface area contributed by atoms with E-state index in [9.17, 15) is 29.3 Å². The smallest absolute Gasteiger partial charge is 0.338 e. The number of non-ortho nitro benzene ring substituents is 1. The van der Waals surface area contributed by atoms with Crippen molar-refractivity contribution in [2.75, 3.05) is 13.2 Å². The molecule has 1 aromatic carbocycles. The number of carbonyl (C=O) groups excluding carboxylic acids is 4. The molecule has 0 N–H and O–H groups in total. The predicted molar refractivity (Wildman–Crippen MR) is 152 cm³/mol. The molecule has 10 nitrogen and oxygen atoms in total. The van der Waals surface area contributed by atoms with Crippen molar-refractivity contribution in [3.63, 3.8) is 0 Å². The van der Waals surface area contributed by atoms with Crippen LogP contribution >= 0.6 is 0 Å². The Labute approximate surface area is 240 Å². The van der Waals surface area contributed by atoms with Crippen LogP contribution in [0.5, 0.6) is 0 Å². The van der Waals surface area contributed by atoms with Crippen LogP contribution in [0.1, 0.15) is 75.6 Å². The molecular formula is C31H40N2O8. The van der Waals surface area contributed by atoms with Gasteiger partial charge in [0.05, 0.1) is 35.1 Å². The number of nitro groups is 1. The Kier molecular flexibility index (Phi) is 11.0. The van der Waals surface area contributed by atoms with Gasteiger partial charge in [-0.1, -0.05) is 31.9 Å². The van der Waals surface area contributed by atoms with Gasteiger partial charge in [-0.05, 0) is 50.7 Å². The van der Waals surface area contributed by atoms with Gasteiger partial charge >= 0.3 is 11.9 Å². The molecule has 41 heavy (non-hydrogen) atoms. The zero-order chi connectivity index (χ0) is 30.2. The van der Waals surface area contributed by atoms with E-state index in [1.165, 1.54) is 29.2 Å². The lowest BCUT2D eigenvalue weighted by Gasteiger charge is -2.27. The number of allylic oxidation sites excluding steroid dienone is 2. The van der Waals surface area contributed by atoms with E-state index < -0.39 is 34.4 Å². The number of hydrogen-bond acceptors (Lipinski definition) is 8. The van der Waals surface area contributed by atoms with Crippen molar-refractivity contribution < 1.29 is 33.6 Å². The highest BCUT2D eigenvalue weighted by Crippen LogP contribution is 2.57. The number of Topliss-reactive ketones (excluding diaryl/α,β-unsaturated/α-hetero) is 1. The van der Waals surface area contributed by atoms with E-state index in [0.717, 1.165) is 25.7 Å². The Morgan fingerprint density at radius 3 is 2.46 bits per heavy atom. The van der Waals surface area contributed by atoms with E-state index in [0.29, 0.717) is 12.8 Å². The molecular weight excluding hydrogens is 528 g/mol. The van der Waals surface area contributed by atoms with Crippen molar-refractivity contribution in [2.24, 2.45) is 17.3 Å². The standard InChI is InChI=1S/C31H40N2O8/c1-5-8-9-10-11-12-21(4)28(35)32-20-25(41-29(36)22-13-15-24(16-14-22)33(38)39)17-26(32)27(34)19-31(18-23(31)6-2)30(37)40-7-3/h5-6,13-16,21,23,25-26H,1-2,7-12,17-20H2,3-4H3/t21-,23+,25+,26-,31+/m0/s1. The number of nitro benzene ring substituents is 1. The van der Waals surface area contributed by atoms with Crippen LogP contribution in [0.15, 0.2) is 49.6 Å². The Morgan fingerprint density at radius 1 is 1.17 bits per heavy atom. The van der Waals surface area contributed by atoms with Crippen molar-refractivity contribution in [3.05, 3.63) is 65.3 Å². The monoisotopic (exact) mass is 568 g/mol. The molecule has 1 aliphatic carbocycles. The summed E-state index contributed by atoms with van der Waals surface area (Å²) >= 11 is 0. The highest BCUT2D eigenvalue weighted by atomic mass is 16.6. The maximum Gasteiger partial charge on any atom is 0.338 e. The molecule has 0 radical (unpaired) electrons. The summed E-state index contributed by atoms with van der Waals surface area (Å²) in [5.74, 6) is -2.12. The summed E-state index contributed by atoms with van der Waals surface area (Å²) in [6, 6.07) is 4.19. The Bertz CT molecular complexity index is 1160. The first-order valence-corrected chi connectivity index (χ1v) is 14.3. The second-order valence-corrected chi connectivity index (χ2v) is 11.0. The highest BCUT2D eigenvalue weighted by molar-refractivity contribution is 5.95. The van der Waals surface area contributed by atoms with Gasteiger partial charge in [0, 0.05) is 30.9 Å². The molecule has 1 aromatic rings. The van der Waals surface area contributed by atoms with Gasteiger partial charge in [0.1, 0.15) is 6.10 Å². The molecule has 1 aliphatic heterocycles. The van der Waals surface area contributed by atoms with Gasteiger partial charge in [0.25, 0.3) is 5.69 Å². The van der Waals surface area contributed by atoms with Crippen LogP contribution < -0.4 is 0 Å². The maximum atomic E-state index is 13.7. The number of ketones is 1. The molecule has 3 rings (SSSR count). The number of esters is 2. The van der Waals surface area contributed by atoms with Crippen LogP contribution in [0.25, 0.3) is 0 Å². The number of rotatable bonds is 16. The summed E-state index contributed by atoms with van der Waals surface area (Å²) in [6.07, 6.45) is 7.65. The summed E-state index contributed by atoms with van der Waals surface area (Å²) in [6.45, 7) is 11.3. The summed E-state index contributed by atoms with van der Waals surface area (Å²) in [4.78, 5) is 64.7. The van der Waals surface area contributed by atoms with Gasteiger partial charge in [-0.25, -0.2) is 4.79 Å². The fourth-order valence-electron chi connectivity index (χ4n) is 5.55. The Morgan fingerprint density at radius 2 is 1.88 bits per heavy atom. The van der Waals surface area contributed by atoms with Gasteiger partial charge in [0.15, 0.2) is 5.78 Å². The third-order valence-corrected chi connectivity index (χ3v) is 8.06. The normalized spacial score (nSPS) is 23.8. The summed E-state index contributed by atoms with van der Waals surface area (Å²) in [5, 5.41) is 10.9. The fraction of sp³-hybridized carbons (Fsp3) is 0.548. The van der Waals surface area contributed by atoms with E-state index in [4.69, 9.17) is 9.47 Å². The zero-order valence-corrected chi connectivity index (χ0v) is 23.9. The summed E-state index contributed by atoms with van der Waals surface area (Å²) in [5.41, 5.74) is -1.01. The number of benzene rings is 1. The van der Waals surface area contributed by atoms with E-state index in [2.05, 4.69) is 13.2 Å². The van der Waals surface area contributed by atoms with Gasteiger partial charge < -0.3 is 14.4 Å². The molecule has 1 saturated heterocycles. The topological polar surface area (TPSA) is 133 Å². The maximum absolute atomic E-state index is 13.7. The van der Waals surface area contributed by atoms with Crippen LogP contribution in [0, 0.1) is 27.4 Å². The molecule has 222 valence electrons. The predicted octanol–water partition coefficient (Wildman–Crippen LogP) is 5.21. The number of nitrogens with zero attached hydrogens (tertiary/aromatic N) is 2. The second kappa shape index (κ2) is 14.2. The van der Waals surface area contributed by atoms with Crippen LogP contribution in [0.3, 0.4) is 0 Å². The van der Waals surface area contributed by atoms with Crippen LogP contribution in [-0.4, -0.2) is 58.7 Å². The average Bonchev–Trinajstić information content (AvgIpc) is 3.52. The molecule has 5 atom stereocenters. The highest BCUT2D eigenvalue weighted by Gasteiger charge is 2.61. The lowest BCUT2D eigenvalue weighted by Crippen LogP contribution is -2.44. The number of ether oxygens (including phenoxy) is 2. The van der Waals surface area contributed by atoms with Crippen LogP contribution in [0.2, 0.25) is 0 Å². The zero-order valence-electron chi connectivity index (χ0n) is 23.9. The second-order valence-electron chi connectivity index (χ2n) is 11.0. The van der Waals surface area contributed by atoms with Crippen molar-refractivity contribution in [1.29, 1.82) is 0 Å². The largest absolute Gasteiger partial charge is 0.466 e. The van der Waals surface area contributed by atoms with Gasteiger partial charge in [-0.15, -0.1) is 13.2 Å². The third-order valence-electron chi connectivity index (χ3n) is 8.06. The SMILES string of the molecule is C=CCCCCC[C@H](C)C(=O)N1C[C@H](OC(=O)c2ccc([N+](=O)[O-])cc2)C[C@H]1C(=O)C[C@]1(C(=O)OCC)C[C@H]1C=C. The lowest BCUT2D eigenvalue weighted by molar-refractivity contribution is -0.384. The lowest BCUT2D eigenvalue weighted by atomic mass is 9.91. The minimum absolute atomic E-state index is 0.0477. The Hall–Kier alpha value is -3.82. The molecule has 10 heteroatoms. The van der Waals surface area contributed by atoms with Gasteiger partial charge in [-0.3, -0.25) is 24.5 Å².